The van der Waals surface area contributed by atoms with Crippen molar-refractivity contribution in [2.75, 3.05) is 59.7 Å². The first-order chi connectivity index (χ1) is 10.1. The molecule has 0 aromatic carbocycles. The molecule has 1 atom stereocenters. The van der Waals surface area contributed by atoms with E-state index in [1.165, 1.54) is 18.6 Å². The third-order valence-corrected chi connectivity index (χ3v) is 5.38. The van der Waals surface area contributed by atoms with Crippen molar-refractivity contribution in [1.29, 1.82) is 0 Å². The van der Waals surface area contributed by atoms with E-state index in [2.05, 4.69) is 46.3 Å². The summed E-state index contributed by atoms with van der Waals surface area (Å²) in [7, 11) is 5.71. The number of nitrogens with zero attached hydrogens (tertiary/aromatic N) is 2. The second-order valence-electron chi connectivity index (χ2n) is 5.90. The maximum absolute atomic E-state index is 5.08. The van der Waals surface area contributed by atoms with E-state index in [9.17, 15) is 0 Å². The Morgan fingerprint density at radius 3 is 2.81 bits per heavy atom. The number of nitrogens with one attached hydrogen (secondary N) is 2. The minimum atomic E-state index is 0.373. The lowest BCUT2D eigenvalue weighted by Gasteiger charge is -2.24. The van der Waals surface area contributed by atoms with Crippen LogP contribution in [-0.4, -0.2) is 75.4 Å². The van der Waals surface area contributed by atoms with E-state index < -0.39 is 0 Å². The van der Waals surface area contributed by atoms with Crippen LogP contribution in [0.4, 0.5) is 0 Å². The summed E-state index contributed by atoms with van der Waals surface area (Å²) in [5.74, 6) is 2.21. The summed E-state index contributed by atoms with van der Waals surface area (Å²) >= 11 is 2.07. The zero-order chi connectivity index (χ0) is 15.6. The molecular formula is C15H32N4OS. The molecule has 2 N–H and O–H groups in total. The lowest BCUT2D eigenvalue weighted by molar-refractivity contribution is 0.161. The van der Waals surface area contributed by atoms with Crippen molar-refractivity contribution in [2.24, 2.45) is 4.99 Å². The standard InChI is InChI=1S/C15H32N4OS/c1-15(7-5-12-21-15)13-18-14(16-2)17-8-6-9-19(3)10-11-20-4/h5-13H2,1-4H3,(H2,16,17,18). The number of hydrogen-bond acceptors (Lipinski definition) is 4. The Kier molecular flexibility index (Phi) is 9.11. The van der Waals surface area contributed by atoms with Crippen molar-refractivity contribution < 1.29 is 4.74 Å². The van der Waals surface area contributed by atoms with Crippen molar-refractivity contribution in [3.8, 4) is 0 Å². The number of methoxy groups -OCH3 is 1. The largest absolute Gasteiger partial charge is 0.383 e. The molecule has 1 saturated heterocycles. The highest BCUT2D eigenvalue weighted by atomic mass is 32.2. The van der Waals surface area contributed by atoms with Crippen molar-refractivity contribution in [2.45, 2.75) is 30.9 Å². The fourth-order valence-corrected chi connectivity index (χ4v) is 3.63. The van der Waals surface area contributed by atoms with Crippen LogP contribution < -0.4 is 10.6 Å². The molecule has 1 rings (SSSR count). The maximum Gasteiger partial charge on any atom is 0.191 e. The van der Waals surface area contributed by atoms with E-state index >= 15 is 0 Å². The number of aliphatic imine (C=N–C) groups is 1. The highest BCUT2D eigenvalue weighted by Crippen LogP contribution is 2.36. The minimum Gasteiger partial charge on any atom is -0.383 e. The number of hydrogen-bond donors (Lipinski definition) is 2. The SMILES string of the molecule is CN=C(NCCCN(C)CCOC)NCC1(C)CCCS1. The molecule has 0 aromatic rings. The molecule has 1 unspecified atom stereocenters. The van der Waals surface area contributed by atoms with Gasteiger partial charge < -0.3 is 20.3 Å². The van der Waals surface area contributed by atoms with Gasteiger partial charge in [0.15, 0.2) is 5.96 Å². The molecular weight excluding hydrogens is 284 g/mol. The lowest BCUT2D eigenvalue weighted by Crippen LogP contribution is -2.44. The van der Waals surface area contributed by atoms with Gasteiger partial charge in [0.25, 0.3) is 0 Å². The average Bonchev–Trinajstić information content (AvgIpc) is 2.91. The van der Waals surface area contributed by atoms with Crippen molar-refractivity contribution in [3.05, 3.63) is 0 Å². The maximum atomic E-state index is 5.08. The van der Waals surface area contributed by atoms with Crippen LogP contribution in [0.1, 0.15) is 26.2 Å². The first-order valence-corrected chi connectivity index (χ1v) is 8.84. The van der Waals surface area contributed by atoms with Gasteiger partial charge in [0.2, 0.25) is 0 Å². The Balaban J connectivity index is 2.11. The molecule has 0 saturated carbocycles. The van der Waals surface area contributed by atoms with Crippen LogP contribution >= 0.6 is 11.8 Å². The predicted octanol–water partition coefficient (Wildman–Crippen LogP) is 1.41. The van der Waals surface area contributed by atoms with Crippen molar-refractivity contribution >= 4 is 17.7 Å². The number of guanidine groups is 1. The molecule has 0 aliphatic carbocycles. The third-order valence-electron chi connectivity index (χ3n) is 3.84. The van der Waals surface area contributed by atoms with E-state index in [1.807, 2.05) is 7.05 Å². The van der Waals surface area contributed by atoms with Crippen LogP contribution in [0.15, 0.2) is 4.99 Å². The average molecular weight is 317 g/mol. The molecule has 0 spiro atoms. The Hall–Kier alpha value is -0.460. The highest BCUT2D eigenvalue weighted by molar-refractivity contribution is 8.00. The van der Waals surface area contributed by atoms with E-state index in [1.54, 1.807) is 7.11 Å². The van der Waals surface area contributed by atoms with Gasteiger partial charge in [-0.1, -0.05) is 0 Å². The summed E-state index contributed by atoms with van der Waals surface area (Å²) in [5, 5.41) is 6.85. The minimum absolute atomic E-state index is 0.373. The molecule has 1 fully saturated rings. The third kappa shape index (κ3) is 7.93. The highest BCUT2D eigenvalue weighted by Gasteiger charge is 2.29. The monoisotopic (exact) mass is 316 g/mol. The number of thioether (sulfide) groups is 1. The first kappa shape index (κ1) is 18.6. The quantitative estimate of drug-likeness (QED) is 0.383. The Morgan fingerprint density at radius 1 is 1.38 bits per heavy atom. The fourth-order valence-electron chi connectivity index (χ4n) is 2.38. The van der Waals surface area contributed by atoms with Crippen LogP contribution in [0.5, 0.6) is 0 Å². The van der Waals surface area contributed by atoms with Crippen molar-refractivity contribution in [3.63, 3.8) is 0 Å². The molecule has 0 radical (unpaired) electrons. The van der Waals surface area contributed by atoms with Gasteiger partial charge in [-0.25, -0.2) is 0 Å². The lowest BCUT2D eigenvalue weighted by atomic mass is 10.1. The van der Waals surface area contributed by atoms with Gasteiger partial charge in [-0.05, 0) is 45.5 Å². The summed E-state index contributed by atoms with van der Waals surface area (Å²) in [5.41, 5.74) is 0. The zero-order valence-electron chi connectivity index (χ0n) is 14.1. The summed E-state index contributed by atoms with van der Waals surface area (Å²) in [6.07, 6.45) is 3.74. The van der Waals surface area contributed by atoms with Crippen molar-refractivity contribution in [1.82, 2.24) is 15.5 Å². The summed E-state index contributed by atoms with van der Waals surface area (Å²) in [6.45, 7) is 7.13. The summed E-state index contributed by atoms with van der Waals surface area (Å²) in [6, 6.07) is 0. The number of ether oxygens (including phenoxy) is 1. The number of rotatable bonds is 9. The van der Waals surface area contributed by atoms with Crippen LogP contribution in [-0.2, 0) is 4.74 Å². The van der Waals surface area contributed by atoms with E-state index in [0.29, 0.717) is 4.75 Å². The van der Waals surface area contributed by atoms with Gasteiger partial charge in [0.05, 0.1) is 6.61 Å². The van der Waals surface area contributed by atoms with Gasteiger partial charge in [-0.15, -0.1) is 0 Å². The molecule has 21 heavy (non-hydrogen) atoms. The van der Waals surface area contributed by atoms with E-state index in [4.69, 9.17) is 4.74 Å². The molecule has 124 valence electrons. The topological polar surface area (TPSA) is 48.9 Å². The molecule has 0 amide bonds. The van der Waals surface area contributed by atoms with Crippen LogP contribution in [0.3, 0.4) is 0 Å². The molecule has 0 aromatic heterocycles. The normalized spacial score (nSPS) is 22.8. The smallest absolute Gasteiger partial charge is 0.191 e. The molecule has 6 heteroatoms. The molecule has 1 aliphatic rings. The van der Waals surface area contributed by atoms with Gasteiger partial charge in [0, 0.05) is 38.5 Å². The van der Waals surface area contributed by atoms with E-state index in [0.717, 1.165) is 45.2 Å². The van der Waals surface area contributed by atoms with Crippen LogP contribution in [0.25, 0.3) is 0 Å². The van der Waals surface area contributed by atoms with E-state index in [-0.39, 0.29) is 0 Å². The summed E-state index contributed by atoms with van der Waals surface area (Å²) in [4.78, 5) is 6.59. The second-order valence-corrected chi connectivity index (χ2v) is 7.59. The van der Waals surface area contributed by atoms with Gasteiger partial charge in [-0.2, -0.15) is 11.8 Å². The van der Waals surface area contributed by atoms with Gasteiger partial charge >= 0.3 is 0 Å². The second kappa shape index (κ2) is 10.3. The molecule has 1 aliphatic heterocycles. The molecule has 1 heterocycles. The molecule has 5 nitrogen and oxygen atoms in total. The number of likely N-dealkylation sites (N-methyl/N-ethyl adjacent to an activating group) is 1. The van der Waals surface area contributed by atoms with Crippen LogP contribution in [0.2, 0.25) is 0 Å². The van der Waals surface area contributed by atoms with Crippen LogP contribution in [0, 0.1) is 0 Å². The zero-order valence-corrected chi connectivity index (χ0v) is 14.9. The Morgan fingerprint density at radius 2 is 2.19 bits per heavy atom. The summed E-state index contributed by atoms with van der Waals surface area (Å²) < 4.78 is 5.45. The first-order valence-electron chi connectivity index (χ1n) is 7.85. The Bertz CT molecular complexity index is 306. The predicted molar refractivity (Wildman–Crippen MR) is 93.5 cm³/mol. The van der Waals surface area contributed by atoms with Gasteiger partial charge in [-0.3, -0.25) is 4.99 Å². The van der Waals surface area contributed by atoms with Gasteiger partial charge in [0.1, 0.15) is 0 Å². The fraction of sp³-hybridized carbons (Fsp3) is 0.933. The molecule has 0 bridgehead atoms. The Labute approximate surface area is 134 Å².